The van der Waals surface area contributed by atoms with Gasteiger partial charge in [0.15, 0.2) is 9.84 Å². The first-order valence-corrected chi connectivity index (χ1v) is 8.50. The maximum Gasteiger partial charge on any atom is 0.252 e. The van der Waals surface area contributed by atoms with E-state index in [1.165, 1.54) is 12.1 Å². The molecule has 0 aliphatic carbocycles. The lowest BCUT2D eigenvalue weighted by Crippen LogP contribution is -2.41. The van der Waals surface area contributed by atoms with Gasteiger partial charge in [-0.1, -0.05) is 12.1 Å². The van der Waals surface area contributed by atoms with E-state index >= 15 is 0 Å². The molecule has 0 bridgehead atoms. The van der Waals surface area contributed by atoms with Crippen LogP contribution in [0.4, 0.5) is 0 Å². The molecular weight excluding hydrogens is 278 g/mol. The predicted molar refractivity (Wildman–Crippen MR) is 75.5 cm³/mol. The molecule has 0 saturated carbocycles. The van der Waals surface area contributed by atoms with E-state index in [0.29, 0.717) is 6.61 Å². The molecule has 1 N–H and O–H groups in total. The maximum atomic E-state index is 12.2. The Labute approximate surface area is 119 Å². The lowest BCUT2D eigenvalue weighted by atomic mass is 10.1. The van der Waals surface area contributed by atoms with Gasteiger partial charge in [0.05, 0.1) is 22.6 Å². The number of amides is 1. The topological polar surface area (TPSA) is 72.5 Å². The second-order valence-corrected chi connectivity index (χ2v) is 7.07. The van der Waals surface area contributed by atoms with E-state index in [1.54, 1.807) is 12.1 Å². The van der Waals surface area contributed by atoms with Crippen LogP contribution in [0.5, 0.6) is 0 Å². The summed E-state index contributed by atoms with van der Waals surface area (Å²) >= 11 is 0. The van der Waals surface area contributed by atoms with E-state index in [1.807, 2.05) is 6.92 Å². The number of hydrogen-bond donors (Lipinski definition) is 1. The van der Waals surface area contributed by atoms with Crippen molar-refractivity contribution >= 4 is 15.7 Å². The van der Waals surface area contributed by atoms with Crippen LogP contribution in [0.3, 0.4) is 0 Å². The summed E-state index contributed by atoms with van der Waals surface area (Å²) in [5.41, 5.74) is 0.180. The molecule has 5 nitrogen and oxygen atoms in total. The van der Waals surface area contributed by atoms with Crippen LogP contribution in [0.15, 0.2) is 29.2 Å². The number of ether oxygens (including phenoxy) is 1. The van der Waals surface area contributed by atoms with E-state index in [2.05, 4.69) is 5.32 Å². The largest absolute Gasteiger partial charge is 0.376 e. The van der Waals surface area contributed by atoms with E-state index < -0.39 is 9.84 Å². The smallest absolute Gasteiger partial charge is 0.252 e. The number of benzene rings is 1. The molecule has 20 heavy (non-hydrogen) atoms. The highest BCUT2D eigenvalue weighted by atomic mass is 32.2. The molecule has 1 heterocycles. The van der Waals surface area contributed by atoms with E-state index in [0.717, 1.165) is 19.1 Å². The van der Waals surface area contributed by atoms with Gasteiger partial charge in [0, 0.05) is 12.9 Å². The van der Waals surface area contributed by atoms with Crippen molar-refractivity contribution in [2.24, 2.45) is 0 Å². The summed E-state index contributed by atoms with van der Waals surface area (Å²) in [4.78, 5) is 12.3. The third-order valence-electron chi connectivity index (χ3n) is 3.41. The third-order valence-corrected chi connectivity index (χ3v) is 4.57. The Morgan fingerprint density at radius 2 is 2.10 bits per heavy atom. The summed E-state index contributed by atoms with van der Waals surface area (Å²) in [5.74, 6) is -0.381. The zero-order valence-electron chi connectivity index (χ0n) is 11.6. The monoisotopic (exact) mass is 297 g/mol. The van der Waals surface area contributed by atoms with E-state index in [-0.39, 0.29) is 28.5 Å². The number of carbonyl (C=O) groups excluding carboxylic acids is 1. The fourth-order valence-electron chi connectivity index (χ4n) is 2.35. The van der Waals surface area contributed by atoms with Gasteiger partial charge in [-0.05, 0) is 31.9 Å². The molecule has 1 fully saturated rings. The highest BCUT2D eigenvalue weighted by Crippen LogP contribution is 2.18. The SMILES string of the molecule is C[C@H](NC(=O)c1ccccc1S(C)(=O)=O)[C@@H]1CCCO1. The highest BCUT2D eigenvalue weighted by Gasteiger charge is 2.25. The molecule has 0 radical (unpaired) electrons. The first-order chi connectivity index (χ1) is 9.39. The molecule has 0 spiro atoms. The molecule has 6 heteroatoms. The Balaban J connectivity index is 2.17. The second-order valence-electron chi connectivity index (χ2n) is 5.08. The Morgan fingerprint density at radius 3 is 2.70 bits per heavy atom. The summed E-state index contributed by atoms with van der Waals surface area (Å²) in [6.07, 6.45) is 3.01. The number of rotatable bonds is 4. The molecule has 0 aromatic heterocycles. The lowest BCUT2D eigenvalue weighted by Gasteiger charge is -2.20. The van der Waals surface area contributed by atoms with Crippen LogP contribution < -0.4 is 5.32 Å². The van der Waals surface area contributed by atoms with Crippen molar-refractivity contribution in [2.75, 3.05) is 12.9 Å². The van der Waals surface area contributed by atoms with Gasteiger partial charge in [0.1, 0.15) is 0 Å². The van der Waals surface area contributed by atoms with Gasteiger partial charge in [-0.15, -0.1) is 0 Å². The van der Waals surface area contributed by atoms with Gasteiger partial charge in [0.25, 0.3) is 5.91 Å². The Kier molecular flexibility index (Phi) is 4.45. The van der Waals surface area contributed by atoms with Gasteiger partial charge in [-0.25, -0.2) is 8.42 Å². The molecule has 2 rings (SSSR count). The molecule has 1 amide bonds. The summed E-state index contributed by atoms with van der Waals surface area (Å²) in [6, 6.07) is 6.09. The van der Waals surface area contributed by atoms with Crippen LogP contribution in [-0.2, 0) is 14.6 Å². The van der Waals surface area contributed by atoms with Crippen LogP contribution in [0.2, 0.25) is 0 Å². The molecule has 1 aliphatic rings. The van der Waals surface area contributed by atoms with Crippen LogP contribution in [-0.4, -0.2) is 39.3 Å². The fraction of sp³-hybridized carbons (Fsp3) is 0.500. The molecule has 1 aliphatic heterocycles. The first-order valence-electron chi connectivity index (χ1n) is 6.61. The Morgan fingerprint density at radius 1 is 1.40 bits per heavy atom. The molecule has 1 aromatic rings. The normalized spacial score (nSPS) is 20.6. The zero-order valence-corrected chi connectivity index (χ0v) is 12.4. The third kappa shape index (κ3) is 3.37. The summed E-state index contributed by atoms with van der Waals surface area (Å²) in [7, 11) is -3.43. The first kappa shape index (κ1) is 15.0. The number of carbonyl (C=O) groups is 1. The van der Waals surface area contributed by atoms with Crippen LogP contribution >= 0.6 is 0 Å². The zero-order chi connectivity index (χ0) is 14.8. The van der Waals surface area contributed by atoms with Crippen LogP contribution in [0.25, 0.3) is 0 Å². The van der Waals surface area contributed by atoms with Crippen molar-refractivity contribution in [1.29, 1.82) is 0 Å². The van der Waals surface area contributed by atoms with Crippen molar-refractivity contribution in [3.63, 3.8) is 0 Å². The number of sulfone groups is 1. The average Bonchev–Trinajstić information content (AvgIpc) is 2.91. The molecule has 1 saturated heterocycles. The van der Waals surface area contributed by atoms with Crippen molar-refractivity contribution in [1.82, 2.24) is 5.32 Å². The van der Waals surface area contributed by atoms with Crippen molar-refractivity contribution in [2.45, 2.75) is 36.8 Å². The quantitative estimate of drug-likeness (QED) is 0.911. The number of nitrogens with one attached hydrogen (secondary N) is 1. The Bertz CT molecular complexity index is 591. The average molecular weight is 297 g/mol. The highest BCUT2D eigenvalue weighted by molar-refractivity contribution is 7.90. The van der Waals surface area contributed by atoms with E-state index in [9.17, 15) is 13.2 Å². The molecule has 2 atom stereocenters. The minimum Gasteiger partial charge on any atom is -0.376 e. The van der Waals surface area contributed by atoms with Crippen molar-refractivity contribution < 1.29 is 17.9 Å². The minimum atomic E-state index is -3.43. The summed E-state index contributed by atoms with van der Waals surface area (Å²) < 4.78 is 28.9. The molecule has 1 aromatic carbocycles. The van der Waals surface area contributed by atoms with Crippen molar-refractivity contribution in [3.8, 4) is 0 Å². The summed E-state index contributed by atoms with van der Waals surface area (Å²) in [5, 5.41) is 2.82. The minimum absolute atomic E-state index is 0.00402. The van der Waals surface area contributed by atoms with Gasteiger partial charge in [0.2, 0.25) is 0 Å². The Hall–Kier alpha value is -1.40. The van der Waals surface area contributed by atoms with Gasteiger partial charge in [-0.3, -0.25) is 4.79 Å². The second kappa shape index (κ2) is 5.93. The maximum absolute atomic E-state index is 12.2. The lowest BCUT2D eigenvalue weighted by molar-refractivity contribution is 0.0710. The molecule has 0 unspecified atom stereocenters. The standard InChI is InChI=1S/C14H19NO4S/c1-10(12-7-5-9-19-12)15-14(16)11-6-3-4-8-13(11)20(2,17)18/h3-4,6,8,10,12H,5,7,9H2,1-2H3,(H,15,16)/t10-,12-/m0/s1. The fourth-order valence-corrected chi connectivity index (χ4v) is 3.24. The van der Waals surface area contributed by atoms with Crippen LogP contribution in [0, 0.1) is 0 Å². The summed E-state index contributed by atoms with van der Waals surface area (Å²) in [6.45, 7) is 2.59. The predicted octanol–water partition coefficient (Wildman–Crippen LogP) is 1.39. The number of hydrogen-bond acceptors (Lipinski definition) is 4. The van der Waals surface area contributed by atoms with Gasteiger partial charge in [-0.2, -0.15) is 0 Å². The van der Waals surface area contributed by atoms with Crippen molar-refractivity contribution in [3.05, 3.63) is 29.8 Å². The van der Waals surface area contributed by atoms with Crippen LogP contribution in [0.1, 0.15) is 30.1 Å². The molecular formula is C14H19NO4S. The van der Waals surface area contributed by atoms with Gasteiger partial charge < -0.3 is 10.1 Å². The van der Waals surface area contributed by atoms with Gasteiger partial charge >= 0.3 is 0 Å². The van der Waals surface area contributed by atoms with E-state index in [4.69, 9.17) is 4.74 Å². The molecule has 110 valence electrons.